The van der Waals surface area contributed by atoms with Crippen molar-refractivity contribution in [3.05, 3.63) is 46.5 Å². The number of pyridine rings is 1. The van der Waals surface area contributed by atoms with Gasteiger partial charge in [0, 0.05) is 5.56 Å². The fourth-order valence-corrected chi connectivity index (χ4v) is 3.33. The number of fused-ring (bicyclic) bond motifs is 1. The summed E-state index contributed by atoms with van der Waals surface area (Å²) >= 11 is 0. The average molecular weight is 344 g/mol. The number of nitriles is 2. The first-order valence-electron chi connectivity index (χ1n) is 8.21. The summed E-state index contributed by atoms with van der Waals surface area (Å²) in [6, 6.07) is 9.58. The van der Waals surface area contributed by atoms with Crippen LogP contribution in [0.5, 0.6) is 0 Å². The lowest BCUT2D eigenvalue weighted by atomic mass is 9.90. The third kappa shape index (κ3) is 2.45. The van der Waals surface area contributed by atoms with Crippen molar-refractivity contribution in [2.24, 2.45) is 4.99 Å². The van der Waals surface area contributed by atoms with Gasteiger partial charge in [-0.25, -0.2) is 9.98 Å². The summed E-state index contributed by atoms with van der Waals surface area (Å²) in [5.74, 6) is 1.23. The molecule has 0 radical (unpaired) electrons. The molecule has 1 atom stereocenters. The Bertz CT molecular complexity index is 1010. The van der Waals surface area contributed by atoms with E-state index in [1.165, 1.54) is 5.56 Å². The van der Waals surface area contributed by atoms with Crippen molar-refractivity contribution in [3.63, 3.8) is 0 Å². The molecule has 1 saturated carbocycles. The van der Waals surface area contributed by atoms with Gasteiger partial charge in [-0.05, 0) is 29.9 Å². The molecule has 4 rings (SSSR count). The second-order valence-electron chi connectivity index (χ2n) is 6.31. The van der Waals surface area contributed by atoms with Gasteiger partial charge in [0.2, 0.25) is 5.96 Å². The molecule has 0 saturated heterocycles. The van der Waals surface area contributed by atoms with E-state index < -0.39 is 6.04 Å². The number of aromatic nitrogens is 1. The largest absolute Gasteiger partial charge is 0.397 e. The molecule has 0 spiro atoms. The first-order chi connectivity index (χ1) is 12.6. The van der Waals surface area contributed by atoms with E-state index in [0.29, 0.717) is 17.3 Å². The van der Waals surface area contributed by atoms with Gasteiger partial charge in [0.25, 0.3) is 0 Å². The maximum absolute atomic E-state index is 9.39. The smallest absolute Gasteiger partial charge is 0.211 e. The van der Waals surface area contributed by atoms with Crippen LogP contribution in [-0.2, 0) is 0 Å². The summed E-state index contributed by atoms with van der Waals surface area (Å²) in [5.41, 5.74) is 15.4. The van der Waals surface area contributed by atoms with Crippen LogP contribution in [0.1, 0.15) is 47.1 Å². The summed E-state index contributed by atoms with van der Waals surface area (Å²) in [7, 11) is 0. The zero-order valence-electron chi connectivity index (χ0n) is 13.8. The number of guanidine groups is 1. The molecule has 6 N–H and O–H groups in total. The highest BCUT2D eigenvalue weighted by molar-refractivity contribution is 5.98. The van der Waals surface area contributed by atoms with Gasteiger partial charge in [0.1, 0.15) is 29.3 Å². The zero-order chi connectivity index (χ0) is 18.3. The van der Waals surface area contributed by atoms with Crippen LogP contribution in [-0.4, -0.2) is 10.9 Å². The Morgan fingerprint density at radius 3 is 2.54 bits per heavy atom. The molecular weight excluding hydrogens is 328 g/mol. The van der Waals surface area contributed by atoms with Crippen molar-refractivity contribution in [1.82, 2.24) is 10.3 Å². The lowest BCUT2D eigenvalue weighted by Crippen LogP contribution is -2.33. The normalized spacial score (nSPS) is 17.9. The van der Waals surface area contributed by atoms with E-state index >= 15 is 0 Å². The Labute approximate surface area is 150 Å². The Morgan fingerprint density at radius 2 is 1.88 bits per heavy atom. The van der Waals surface area contributed by atoms with Gasteiger partial charge in [0.15, 0.2) is 6.19 Å². The second-order valence-corrected chi connectivity index (χ2v) is 6.31. The molecule has 26 heavy (non-hydrogen) atoms. The highest BCUT2D eigenvalue weighted by Crippen LogP contribution is 2.47. The molecule has 1 fully saturated rings. The van der Waals surface area contributed by atoms with Gasteiger partial charge in [-0.15, -0.1) is 0 Å². The van der Waals surface area contributed by atoms with Gasteiger partial charge in [-0.1, -0.05) is 24.3 Å². The molecule has 8 nitrogen and oxygen atoms in total. The van der Waals surface area contributed by atoms with Crippen LogP contribution in [0.3, 0.4) is 0 Å². The molecule has 1 aliphatic heterocycles. The van der Waals surface area contributed by atoms with E-state index in [1.807, 2.05) is 30.5 Å². The molecule has 2 heterocycles. The molecule has 0 bridgehead atoms. The molecular formula is C18H16N8. The Morgan fingerprint density at radius 1 is 1.15 bits per heavy atom. The lowest BCUT2D eigenvalue weighted by molar-refractivity contribution is 0.827. The molecule has 1 aromatic heterocycles. The third-order valence-electron chi connectivity index (χ3n) is 4.67. The van der Waals surface area contributed by atoms with E-state index in [9.17, 15) is 5.26 Å². The maximum atomic E-state index is 9.39. The van der Waals surface area contributed by atoms with Crippen LogP contribution in [0.25, 0.3) is 0 Å². The van der Waals surface area contributed by atoms with Crippen molar-refractivity contribution in [2.75, 3.05) is 16.8 Å². The summed E-state index contributed by atoms with van der Waals surface area (Å²) < 4.78 is 0. The predicted octanol–water partition coefficient (Wildman–Crippen LogP) is 1.94. The number of nitrogens with one attached hydrogen (secondary N) is 2. The second kappa shape index (κ2) is 5.94. The van der Waals surface area contributed by atoms with Crippen LogP contribution in [0.4, 0.5) is 17.3 Å². The molecule has 128 valence electrons. The minimum absolute atomic E-state index is 0.0451. The molecule has 1 aromatic carbocycles. The van der Waals surface area contributed by atoms with Crippen molar-refractivity contribution < 1.29 is 0 Å². The van der Waals surface area contributed by atoms with Crippen LogP contribution >= 0.6 is 0 Å². The van der Waals surface area contributed by atoms with Crippen molar-refractivity contribution >= 4 is 23.3 Å². The number of hydrogen-bond donors (Lipinski definition) is 4. The minimum atomic E-state index is -0.473. The highest BCUT2D eigenvalue weighted by atomic mass is 15.2. The van der Waals surface area contributed by atoms with Crippen molar-refractivity contribution in [2.45, 2.75) is 24.8 Å². The molecule has 8 heteroatoms. The average Bonchev–Trinajstić information content (AvgIpc) is 3.46. The number of rotatable bonds is 2. The van der Waals surface area contributed by atoms with Gasteiger partial charge in [0.05, 0.1) is 5.69 Å². The van der Waals surface area contributed by atoms with Gasteiger partial charge in [-0.3, -0.25) is 5.32 Å². The molecule has 2 aliphatic rings. The van der Waals surface area contributed by atoms with Gasteiger partial charge >= 0.3 is 0 Å². The standard InChI is InChI=1S/C18H16N8/c19-7-12-14(21)13-15(11-4-2-1-3-10(11)9-5-6-9)24-18(23-8-20)26-17(13)25-16(12)22/h1-4,9,15H,5-6H2,(H6,21,22,23,24,25,26). The SMILES string of the molecule is N#CNC1=NC(c2ccccc2C2CC2)c2c(nc(N)c(C#N)c2N)N1. The summed E-state index contributed by atoms with van der Waals surface area (Å²) in [5, 5.41) is 23.8. The topological polar surface area (TPSA) is 149 Å². The van der Waals surface area contributed by atoms with E-state index in [2.05, 4.69) is 26.7 Å². The fourth-order valence-electron chi connectivity index (χ4n) is 3.33. The number of nitrogens with zero attached hydrogens (tertiary/aromatic N) is 4. The van der Waals surface area contributed by atoms with Crippen molar-refractivity contribution in [1.29, 1.82) is 10.5 Å². The van der Waals surface area contributed by atoms with E-state index in [1.54, 1.807) is 0 Å². The van der Waals surface area contributed by atoms with Crippen LogP contribution < -0.4 is 22.1 Å². The van der Waals surface area contributed by atoms with E-state index in [-0.39, 0.29) is 23.0 Å². The first kappa shape index (κ1) is 15.7. The van der Waals surface area contributed by atoms with Crippen LogP contribution in [0.15, 0.2) is 29.3 Å². The predicted molar refractivity (Wildman–Crippen MR) is 97.8 cm³/mol. The highest BCUT2D eigenvalue weighted by Gasteiger charge is 2.34. The number of hydrogen-bond acceptors (Lipinski definition) is 8. The summed E-state index contributed by atoms with van der Waals surface area (Å²) in [6.45, 7) is 0. The first-order valence-corrected chi connectivity index (χ1v) is 8.21. The summed E-state index contributed by atoms with van der Waals surface area (Å²) in [6.07, 6.45) is 4.14. The quantitative estimate of drug-likeness (QED) is 0.480. The molecule has 1 unspecified atom stereocenters. The number of nitrogens with two attached hydrogens (primary N) is 2. The third-order valence-corrected chi connectivity index (χ3v) is 4.67. The Hall–Kier alpha value is -3.78. The number of nitrogen functional groups attached to an aromatic ring is 2. The van der Waals surface area contributed by atoms with Crippen LogP contribution in [0.2, 0.25) is 0 Å². The number of benzene rings is 1. The zero-order valence-corrected chi connectivity index (χ0v) is 13.8. The molecule has 2 aromatic rings. The molecule has 0 amide bonds. The van der Waals surface area contributed by atoms with Crippen molar-refractivity contribution in [3.8, 4) is 12.3 Å². The van der Waals surface area contributed by atoms with Crippen LogP contribution in [0, 0.1) is 22.8 Å². The number of anilines is 3. The lowest BCUT2D eigenvalue weighted by Gasteiger charge is -2.27. The van der Waals surface area contributed by atoms with Gasteiger partial charge < -0.3 is 16.8 Å². The molecule has 1 aliphatic carbocycles. The Kier molecular flexibility index (Phi) is 3.59. The minimum Gasteiger partial charge on any atom is -0.397 e. The summed E-state index contributed by atoms with van der Waals surface area (Å²) in [4.78, 5) is 8.90. The fraction of sp³-hybridized carbons (Fsp3) is 0.222. The van der Waals surface area contributed by atoms with E-state index in [0.717, 1.165) is 18.4 Å². The van der Waals surface area contributed by atoms with E-state index in [4.69, 9.17) is 16.7 Å². The number of aliphatic imine (C=N–C) groups is 1. The monoisotopic (exact) mass is 344 g/mol. The Balaban J connectivity index is 1.95. The van der Waals surface area contributed by atoms with Gasteiger partial charge in [-0.2, -0.15) is 10.5 Å². The maximum Gasteiger partial charge on any atom is 0.211 e.